The molecule has 0 saturated heterocycles. The van der Waals surface area contributed by atoms with Gasteiger partial charge in [0.25, 0.3) is 0 Å². The Kier molecular flexibility index (Phi) is 2.33. The van der Waals surface area contributed by atoms with E-state index in [1.54, 1.807) is 0 Å². The lowest BCUT2D eigenvalue weighted by Gasteiger charge is -2.05. The van der Waals surface area contributed by atoms with Crippen LogP contribution in [0.1, 0.15) is 5.69 Å². The molecule has 3 rings (SSSR count). The second-order valence-corrected chi connectivity index (χ2v) is 4.09. The molecule has 0 radical (unpaired) electrons. The average Bonchev–Trinajstić information content (AvgIpc) is 2.39. The van der Waals surface area contributed by atoms with Crippen LogP contribution in [-0.2, 0) is 0 Å². The second kappa shape index (κ2) is 3.98. The molecule has 0 aliphatic carbocycles. The first-order chi connectivity index (χ1) is 8.34. The van der Waals surface area contributed by atoms with Crippen molar-refractivity contribution in [1.82, 2.24) is 10.2 Å². The van der Waals surface area contributed by atoms with E-state index in [2.05, 4.69) is 40.5 Å². The minimum Gasteiger partial charge on any atom is -0.155 e. The van der Waals surface area contributed by atoms with Gasteiger partial charge in [0.1, 0.15) is 0 Å². The number of rotatable bonds is 1. The van der Waals surface area contributed by atoms with Gasteiger partial charge >= 0.3 is 0 Å². The van der Waals surface area contributed by atoms with Crippen molar-refractivity contribution < 1.29 is 0 Å². The fraction of sp³-hybridized carbons (Fsp3) is 0.0667. The van der Waals surface area contributed by atoms with E-state index in [0.717, 1.165) is 17.0 Å². The molecule has 0 unspecified atom stereocenters. The van der Waals surface area contributed by atoms with Crippen molar-refractivity contribution in [3.8, 4) is 11.3 Å². The van der Waals surface area contributed by atoms with Crippen molar-refractivity contribution in [2.24, 2.45) is 0 Å². The second-order valence-electron chi connectivity index (χ2n) is 4.09. The van der Waals surface area contributed by atoms with Crippen LogP contribution in [0.15, 0.2) is 54.6 Å². The van der Waals surface area contributed by atoms with Crippen molar-refractivity contribution in [2.45, 2.75) is 6.92 Å². The summed E-state index contributed by atoms with van der Waals surface area (Å²) in [6, 6.07) is 18.6. The van der Waals surface area contributed by atoms with Gasteiger partial charge in [-0.2, -0.15) is 10.2 Å². The Morgan fingerprint density at radius 3 is 2.41 bits per heavy atom. The first-order valence-electron chi connectivity index (χ1n) is 5.63. The number of aryl methyl sites for hydroxylation is 1. The van der Waals surface area contributed by atoms with Gasteiger partial charge in [-0.05, 0) is 29.8 Å². The van der Waals surface area contributed by atoms with Gasteiger partial charge in [-0.15, -0.1) is 0 Å². The molecule has 0 aliphatic rings. The van der Waals surface area contributed by atoms with Crippen LogP contribution < -0.4 is 0 Å². The number of benzene rings is 2. The van der Waals surface area contributed by atoms with Crippen LogP contribution in [0, 0.1) is 6.92 Å². The zero-order valence-electron chi connectivity index (χ0n) is 9.59. The number of hydrogen-bond acceptors (Lipinski definition) is 2. The summed E-state index contributed by atoms with van der Waals surface area (Å²) in [4.78, 5) is 0. The fourth-order valence-corrected chi connectivity index (χ4v) is 1.99. The molecule has 2 heteroatoms. The SMILES string of the molecule is Cc1ccc(-c2cccc3ccccc23)nn1. The van der Waals surface area contributed by atoms with E-state index in [1.165, 1.54) is 10.8 Å². The van der Waals surface area contributed by atoms with Crippen molar-refractivity contribution in [1.29, 1.82) is 0 Å². The number of hydrogen-bond donors (Lipinski definition) is 0. The van der Waals surface area contributed by atoms with Crippen LogP contribution in [0.3, 0.4) is 0 Å². The molecular weight excluding hydrogens is 208 g/mol. The zero-order chi connectivity index (χ0) is 11.7. The van der Waals surface area contributed by atoms with E-state index in [-0.39, 0.29) is 0 Å². The van der Waals surface area contributed by atoms with Crippen molar-refractivity contribution >= 4 is 10.8 Å². The molecule has 0 spiro atoms. The van der Waals surface area contributed by atoms with Crippen LogP contribution in [0.2, 0.25) is 0 Å². The molecule has 0 saturated carbocycles. The van der Waals surface area contributed by atoms with E-state index in [0.29, 0.717) is 0 Å². The summed E-state index contributed by atoms with van der Waals surface area (Å²) in [5.74, 6) is 0. The molecule has 0 bridgehead atoms. The zero-order valence-corrected chi connectivity index (χ0v) is 9.59. The molecule has 0 aliphatic heterocycles. The van der Waals surface area contributed by atoms with E-state index < -0.39 is 0 Å². The lowest BCUT2D eigenvalue weighted by molar-refractivity contribution is 0.988. The molecule has 2 aromatic carbocycles. The molecule has 1 aromatic heterocycles. The van der Waals surface area contributed by atoms with E-state index >= 15 is 0 Å². The first-order valence-corrected chi connectivity index (χ1v) is 5.63. The summed E-state index contributed by atoms with van der Waals surface area (Å²) in [5.41, 5.74) is 3.00. The highest BCUT2D eigenvalue weighted by atomic mass is 15.1. The van der Waals surface area contributed by atoms with Crippen molar-refractivity contribution in [3.05, 3.63) is 60.3 Å². The summed E-state index contributed by atoms with van der Waals surface area (Å²) in [6.45, 7) is 1.94. The largest absolute Gasteiger partial charge is 0.155 e. The smallest absolute Gasteiger partial charge is 0.0936 e. The van der Waals surface area contributed by atoms with Gasteiger partial charge in [-0.25, -0.2) is 0 Å². The van der Waals surface area contributed by atoms with Gasteiger partial charge < -0.3 is 0 Å². The number of nitrogens with zero attached hydrogens (tertiary/aromatic N) is 2. The van der Waals surface area contributed by atoms with Gasteiger partial charge in [0.05, 0.1) is 11.4 Å². The minimum absolute atomic E-state index is 0.924. The molecule has 0 amide bonds. The molecule has 3 aromatic rings. The van der Waals surface area contributed by atoms with Crippen LogP contribution in [0.4, 0.5) is 0 Å². The van der Waals surface area contributed by atoms with Crippen LogP contribution in [-0.4, -0.2) is 10.2 Å². The highest BCUT2D eigenvalue weighted by Crippen LogP contribution is 2.26. The summed E-state index contributed by atoms with van der Waals surface area (Å²) in [5, 5.41) is 10.8. The Morgan fingerprint density at radius 2 is 1.59 bits per heavy atom. The molecule has 0 N–H and O–H groups in total. The van der Waals surface area contributed by atoms with Crippen molar-refractivity contribution in [3.63, 3.8) is 0 Å². The molecule has 0 atom stereocenters. The van der Waals surface area contributed by atoms with Gasteiger partial charge in [-0.3, -0.25) is 0 Å². The summed E-state index contributed by atoms with van der Waals surface area (Å²) in [7, 11) is 0. The lowest BCUT2D eigenvalue weighted by atomic mass is 10.0. The number of aromatic nitrogens is 2. The topological polar surface area (TPSA) is 25.8 Å². The molecular formula is C15H12N2. The fourth-order valence-electron chi connectivity index (χ4n) is 1.99. The van der Waals surface area contributed by atoms with Gasteiger partial charge in [0.2, 0.25) is 0 Å². The highest BCUT2D eigenvalue weighted by molar-refractivity contribution is 5.95. The summed E-state index contributed by atoms with van der Waals surface area (Å²) in [6.07, 6.45) is 0. The third-order valence-electron chi connectivity index (χ3n) is 2.86. The van der Waals surface area contributed by atoms with Gasteiger partial charge in [-0.1, -0.05) is 42.5 Å². The molecule has 2 nitrogen and oxygen atoms in total. The average molecular weight is 220 g/mol. The van der Waals surface area contributed by atoms with Gasteiger partial charge in [0, 0.05) is 5.56 Å². The van der Waals surface area contributed by atoms with E-state index in [9.17, 15) is 0 Å². The number of fused-ring (bicyclic) bond motifs is 1. The Balaban J connectivity index is 2.27. The third kappa shape index (κ3) is 1.78. The molecule has 82 valence electrons. The standard InChI is InChI=1S/C15H12N2/c1-11-9-10-15(17-16-11)14-8-4-6-12-5-2-3-7-13(12)14/h2-10H,1H3. The third-order valence-corrected chi connectivity index (χ3v) is 2.86. The predicted molar refractivity (Wildman–Crippen MR) is 69.7 cm³/mol. The van der Waals surface area contributed by atoms with Crippen molar-refractivity contribution in [2.75, 3.05) is 0 Å². The Labute approximate surface area is 99.9 Å². The normalized spacial score (nSPS) is 10.6. The Morgan fingerprint density at radius 1 is 0.765 bits per heavy atom. The minimum atomic E-state index is 0.924. The van der Waals surface area contributed by atoms with Crippen LogP contribution in [0.25, 0.3) is 22.0 Å². The lowest BCUT2D eigenvalue weighted by Crippen LogP contribution is -1.90. The monoisotopic (exact) mass is 220 g/mol. The molecule has 17 heavy (non-hydrogen) atoms. The predicted octanol–water partition coefficient (Wildman–Crippen LogP) is 3.61. The maximum absolute atomic E-state index is 4.25. The first kappa shape index (κ1) is 9.97. The highest BCUT2D eigenvalue weighted by Gasteiger charge is 2.04. The van der Waals surface area contributed by atoms with E-state index in [4.69, 9.17) is 0 Å². The summed E-state index contributed by atoms with van der Waals surface area (Å²) < 4.78 is 0. The maximum atomic E-state index is 4.25. The van der Waals surface area contributed by atoms with E-state index in [1.807, 2.05) is 31.2 Å². The summed E-state index contributed by atoms with van der Waals surface area (Å²) >= 11 is 0. The van der Waals surface area contributed by atoms with Gasteiger partial charge in [0.15, 0.2) is 0 Å². The Hall–Kier alpha value is -2.22. The molecule has 0 fully saturated rings. The van der Waals surface area contributed by atoms with Crippen LogP contribution >= 0.6 is 0 Å². The quantitative estimate of drug-likeness (QED) is 0.626. The van der Waals surface area contributed by atoms with Crippen LogP contribution in [0.5, 0.6) is 0 Å². The maximum Gasteiger partial charge on any atom is 0.0936 e. The molecule has 1 heterocycles. The Bertz CT molecular complexity index is 652.